The van der Waals surface area contributed by atoms with Crippen molar-refractivity contribution in [1.82, 2.24) is 10.1 Å². The van der Waals surface area contributed by atoms with Crippen LogP contribution in [0.4, 0.5) is 10.3 Å². The molecule has 0 amide bonds. The topological polar surface area (TPSA) is 64.9 Å². The van der Waals surface area contributed by atoms with E-state index in [-0.39, 0.29) is 17.4 Å². The Bertz CT molecular complexity index is 471. The van der Waals surface area contributed by atoms with Gasteiger partial charge in [0.15, 0.2) is 0 Å². The molecule has 14 heavy (non-hydrogen) atoms. The fourth-order valence-electron chi connectivity index (χ4n) is 1.01. The molecule has 72 valence electrons. The van der Waals surface area contributed by atoms with Crippen molar-refractivity contribution in [3.63, 3.8) is 0 Å². The first-order chi connectivity index (χ1) is 6.66. The highest BCUT2D eigenvalue weighted by Gasteiger charge is 2.12. The lowest BCUT2D eigenvalue weighted by Crippen LogP contribution is -1.87. The molecule has 6 heteroatoms. The lowest BCUT2D eigenvalue weighted by Gasteiger charge is -1.97. The van der Waals surface area contributed by atoms with Gasteiger partial charge in [-0.3, -0.25) is 0 Å². The van der Waals surface area contributed by atoms with E-state index in [0.29, 0.717) is 0 Å². The summed E-state index contributed by atoms with van der Waals surface area (Å²) in [6.45, 7) is 0. The Hall–Kier alpha value is -1.43. The SMILES string of the molecule is Nc1noc(-c2cc(Br)ccc2F)n1. The van der Waals surface area contributed by atoms with Gasteiger partial charge in [-0.2, -0.15) is 4.98 Å². The van der Waals surface area contributed by atoms with Gasteiger partial charge in [0.2, 0.25) is 0 Å². The highest BCUT2D eigenvalue weighted by molar-refractivity contribution is 9.10. The molecule has 0 fully saturated rings. The molecule has 0 unspecified atom stereocenters. The number of hydrogen-bond acceptors (Lipinski definition) is 4. The number of hydrogen-bond donors (Lipinski definition) is 1. The van der Waals surface area contributed by atoms with Crippen molar-refractivity contribution in [3.05, 3.63) is 28.5 Å². The second-order valence-corrected chi connectivity index (χ2v) is 3.50. The van der Waals surface area contributed by atoms with Gasteiger partial charge in [-0.25, -0.2) is 4.39 Å². The number of nitrogens with zero attached hydrogens (tertiary/aromatic N) is 2. The van der Waals surface area contributed by atoms with Crippen molar-refractivity contribution >= 4 is 21.9 Å². The van der Waals surface area contributed by atoms with E-state index in [4.69, 9.17) is 10.3 Å². The Labute approximate surface area is 87.0 Å². The number of halogens is 2. The third-order valence-electron chi connectivity index (χ3n) is 1.60. The van der Waals surface area contributed by atoms with E-state index in [2.05, 4.69) is 26.1 Å². The monoisotopic (exact) mass is 257 g/mol. The molecular weight excluding hydrogens is 253 g/mol. The van der Waals surface area contributed by atoms with Crippen molar-refractivity contribution in [3.8, 4) is 11.5 Å². The Morgan fingerprint density at radius 2 is 2.21 bits per heavy atom. The highest BCUT2D eigenvalue weighted by Crippen LogP contribution is 2.24. The van der Waals surface area contributed by atoms with Gasteiger partial charge in [0, 0.05) is 4.47 Å². The Morgan fingerprint density at radius 1 is 1.43 bits per heavy atom. The summed E-state index contributed by atoms with van der Waals surface area (Å²) in [7, 11) is 0. The van der Waals surface area contributed by atoms with Crippen LogP contribution in [0.1, 0.15) is 0 Å². The van der Waals surface area contributed by atoms with Crippen LogP contribution in [-0.2, 0) is 0 Å². The summed E-state index contributed by atoms with van der Waals surface area (Å²) in [5.41, 5.74) is 5.48. The predicted octanol–water partition coefficient (Wildman–Crippen LogP) is 2.22. The van der Waals surface area contributed by atoms with Crippen LogP contribution in [0.3, 0.4) is 0 Å². The summed E-state index contributed by atoms with van der Waals surface area (Å²) >= 11 is 3.21. The van der Waals surface area contributed by atoms with Gasteiger partial charge in [0.1, 0.15) is 5.82 Å². The quantitative estimate of drug-likeness (QED) is 0.851. The molecule has 0 spiro atoms. The average molecular weight is 258 g/mol. The second kappa shape index (κ2) is 3.38. The summed E-state index contributed by atoms with van der Waals surface area (Å²) in [6, 6.07) is 4.43. The normalized spacial score (nSPS) is 10.4. The fourth-order valence-corrected chi connectivity index (χ4v) is 1.37. The summed E-state index contributed by atoms with van der Waals surface area (Å²) in [5, 5.41) is 3.37. The van der Waals surface area contributed by atoms with Gasteiger partial charge in [0.25, 0.3) is 11.8 Å². The first-order valence-corrected chi connectivity index (χ1v) is 4.51. The zero-order chi connectivity index (χ0) is 10.1. The van der Waals surface area contributed by atoms with Crippen LogP contribution >= 0.6 is 15.9 Å². The molecule has 4 nitrogen and oxygen atoms in total. The van der Waals surface area contributed by atoms with E-state index >= 15 is 0 Å². The molecule has 0 aliphatic rings. The zero-order valence-corrected chi connectivity index (χ0v) is 8.45. The van der Waals surface area contributed by atoms with Gasteiger partial charge in [-0.1, -0.05) is 15.9 Å². The number of benzene rings is 1. The van der Waals surface area contributed by atoms with Crippen LogP contribution in [0.2, 0.25) is 0 Å². The molecule has 0 aliphatic carbocycles. The van der Waals surface area contributed by atoms with Crippen molar-refractivity contribution in [1.29, 1.82) is 0 Å². The predicted molar refractivity (Wildman–Crippen MR) is 51.8 cm³/mol. The van der Waals surface area contributed by atoms with Gasteiger partial charge < -0.3 is 10.3 Å². The molecule has 0 atom stereocenters. The molecule has 0 saturated heterocycles. The van der Waals surface area contributed by atoms with Crippen molar-refractivity contribution in [2.24, 2.45) is 0 Å². The Morgan fingerprint density at radius 3 is 2.86 bits per heavy atom. The minimum Gasteiger partial charge on any atom is -0.365 e. The molecule has 1 heterocycles. The summed E-state index contributed by atoms with van der Waals surface area (Å²) in [6.07, 6.45) is 0. The van der Waals surface area contributed by atoms with E-state index in [1.54, 1.807) is 12.1 Å². The van der Waals surface area contributed by atoms with Crippen LogP contribution in [0.15, 0.2) is 27.2 Å². The lowest BCUT2D eigenvalue weighted by molar-refractivity contribution is 0.430. The van der Waals surface area contributed by atoms with Gasteiger partial charge >= 0.3 is 0 Å². The molecule has 0 bridgehead atoms. The zero-order valence-electron chi connectivity index (χ0n) is 6.87. The van der Waals surface area contributed by atoms with E-state index in [1.807, 2.05) is 0 Å². The van der Waals surface area contributed by atoms with Crippen molar-refractivity contribution < 1.29 is 8.91 Å². The van der Waals surface area contributed by atoms with Crippen molar-refractivity contribution in [2.45, 2.75) is 0 Å². The molecular formula is C8H5BrFN3O. The van der Waals surface area contributed by atoms with Crippen LogP contribution in [-0.4, -0.2) is 10.1 Å². The summed E-state index contributed by atoms with van der Waals surface area (Å²) in [4.78, 5) is 3.72. The number of nitrogen functional groups attached to an aromatic ring is 1. The Balaban J connectivity index is 2.55. The molecule has 0 radical (unpaired) electrons. The first kappa shape index (κ1) is 9.14. The number of rotatable bonds is 1. The van der Waals surface area contributed by atoms with Crippen LogP contribution in [0.5, 0.6) is 0 Å². The van der Waals surface area contributed by atoms with Gasteiger partial charge in [0.05, 0.1) is 5.56 Å². The van der Waals surface area contributed by atoms with Gasteiger partial charge in [-0.05, 0) is 23.4 Å². The average Bonchev–Trinajstić information content (AvgIpc) is 2.56. The van der Waals surface area contributed by atoms with E-state index < -0.39 is 5.82 Å². The number of aromatic nitrogens is 2. The standard InChI is InChI=1S/C8H5BrFN3O/c9-4-1-2-6(10)5(3-4)7-12-8(11)13-14-7/h1-3H,(H2,11,13). The molecule has 2 aromatic rings. The van der Waals surface area contributed by atoms with E-state index in [9.17, 15) is 4.39 Å². The maximum absolute atomic E-state index is 13.3. The Kier molecular flexibility index (Phi) is 2.20. The number of nitrogens with two attached hydrogens (primary N) is 1. The molecule has 1 aromatic heterocycles. The van der Waals surface area contributed by atoms with Crippen LogP contribution in [0, 0.1) is 5.82 Å². The minimum absolute atomic E-state index is 0.0145. The third-order valence-corrected chi connectivity index (χ3v) is 2.09. The van der Waals surface area contributed by atoms with E-state index in [0.717, 1.165) is 4.47 Å². The fraction of sp³-hybridized carbons (Fsp3) is 0. The molecule has 2 rings (SSSR count). The summed E-state index contributed by atoms with van der Waals surface area (Å²) in [5.74, 6) is -0.377. The molecule has 2 N–H and O–H groups in total. The third kappa shape index (κ3) is 1.60. The van der Waals surface area contributed by atoms with Crippen molar-refractivity contribution in [2.75, 3.05) is 5.73 Å². The summed E-state index contributed by atoms with van der Waals surface area (Å²) < 4.78 is 18.7. The van der Waals surface area contributed by atoms with E-state index in [1.165, 1.54) is 6.07 Å². The van der Waals surface area contributed by atoms with Crippen LogP contribution in [0.25, 0.3) is 11.5 Å². The molecule has 1 aromatic carbocycles. The first-order valence-electron chi connectivity index (χ1n) is 3.71. The maximum Gasteiger partial charge on any atom is 0.262 e. The van der Waals surface area contributed by atoms with Crippen LogP contribution < -0.4 is 5.73 Å². The minimum atomic E-state index is -0.433. The number of anilines is 1. The largest absolute Gasteiger partial charge is 0.365 e. The highest BCUT2D eigenvalue weighted by atomic mass is 79.9. The molecule has 0 saturated carbocycles. The second-order valence-electron chi connectivity index (χ2n) is 2.58. The molecule has 0 aliphatic heterocycles. The lowest BCUT2D eigenvalue weighted by atomic mass is 10.2. The maximum atomic E-state index is 13.3. The smallest absolute Gasteiger partial charge is 0.262 e. The van der Waals surface area contributed by atoms with Gasteiger partial charge in [-0.15, -0.1) is 0 Å².